The number of imidazole rings is 1. The number of rotatable bonds is 5. The van der Waals surface area contributed by atoms with Gasteiger partial charge in [0.2, 0.25) is 0 Å². The van der Waals surface area contributed by atoms with Gasteiger partial charge < -0.3 is 14.6 Å². The van der Waals surface area contributed by atoms with Crippen LogP contribution in [-0.2, 0) is 17.8 Å². The summed E-state index contributed by atoms with van der Waals surface area (Å²) in [6.07, 6.45) is 8.75. The summed E-state index contributed by atoms with van der Waals surface area (Å²) in [6, 6.07) is 0. The van der Waals surface area contributed by atoms with Gasteiger partial charge in [0.1, 0.15) is 0 Å². The Morgan fingerprint density at radius 3 is 3.18 bits per heavy atom. The van der Waals surface area contributed by atoms with Crippen LogP contribution < -0.4 is 5.32 Å². The molecule has 0 radical (unpaired) electrons. The van der Waals surface area contributed by atoms with Crippen LogP contribution in [0.5, 0.6) is 0 Å². The van der Waals surface area contributed by atoms with E-state index in [0.29, 0.717) is 18.1 Å². The molecular formula is C13H21N3O. The standard InChI is InChI=1S/C13H21N3O/c1-2-14-6-11-7-15-9-16(11)8-10-5-12-3-4-13(10)17-12/h7,9-10,12-14H,2-6,8H2,1H3. The number of hydrogen-bond donors (Lipinski definition) is 1. The van der Waals surface area contributed by atoms with E-state index in [4.69, 9.17) is 4.74 Å². The molecule has 0 aliphatic carbocycles. The average Bonchev–Trinajstić information content (AvgIpc) is 3.02. The summed E-state index contributed by atoms with van der Waals surface area (Å²) in [6.45, 7) is 5.12. The lowest BCUT2D eigenvalue weighted by Crippen LogP contribution is -2.23. The third kappa shape index (κ3) is 2.24. The minimum Gasteiger partial charge on any atom is -0.375 e. The van der Waals surface area contributed by atoms with Gasteiger partial charge in [0.05, 0.1) is 24.2 Å². The van der Waals surface area contributed by atoms with Crippen LogP contribution in [0.2, 0.25) is 0 Å². The number of nitrogens with one attached hydrogen (secondary N) is 1. The molecule has 0 amide bonds. The van der Waals surface area contributed by atoms with Gasteiger partial charge in [-0.05, 0) is 25.8 Å². The van der Waals surface area contributed by atoms with Crippen LogP contribution in [0.15, 0.2) is 12.5 Å². The minimum absolute atomic E-state index is 0.509. The molecule has 94 valence electrons. The van der Waals surface area contributed by atoms with Gasteiger partial charge in [0, 0.05) is 25.2 Å². The van der Waals surface area contributed by atoms with E-state index >= 15 is 0 Å². The molecule has 3 rings (SSSR count). The second kappa shape index (κ2) is 4.78. The summed E-state index contributed by atoms with van der Waals surface area (Å²) in [4.78, 5) is 4.26. The fourth-order valence-electron chi connectivity index (χ4n) is 3.10. The Morgan fingerprint density at radius 1 is 1.53 bits per heavy atom. The van der Waals surface area contributed by atoms with Gasteiger partial charge in [-0.1, -0.05) is 6.92 Å². The molecule has 0 saturated carbocycles. The predicted octanol–water partition coefficient (Wildman–Crippen LogP) is 1.56. The second-order valence-electron chi connectivity index (χ2n) is 5.19. The van der Waals surface area contributed by atoms with E-state index in [-0.39, 0.29) is 0 Å². The van der Waals surface area contributed by atoms with Crippen molar-refractivity contribution in [2.75, 3.05) is 6.54 Å². The summed E-state index contributed by atoms with van der Waals surface area (Å²) in [5, 5.41) is 3.36. The van der Waals surface area contributed by atoms with Crippen LogP contribution in [0, 0.1) is 5.92 Å². The lowest BCUT2D eigenvalue weighted by atomic mass is 9.89. The maximum Gasteiger partial charge on any atom is 0.0948 e. The minimum atomic E-state index is 0.509. The first-order chi connectivity index (χ1) is 8.36. The molecule has 1 aromatic heterocycles. The topological polar surface area (TPSA) is 39.1 Å². The van der Waals surface area contributed by atoms with Gasteiger partial charge in [-0.25, -0.2) is 4.98 Å². The number of hydrogen-bond acceptors (Lipinski definition) is 3. The van der Waals surface area contributed by atoms with Crippen LogP contribution in [0.1, 0.15) is 31.9 Å². The zero-order valence-corrected chi connectivity index (χ0v) is 10.4. The second-order valence-corrected chi connectivity index (χ2v) is 5.19. The SMILES string of the molecule is CCNCc1cncn1CC1CC2CCC1O2. The molecule has 4 nitrogen and oxygen atoms in total. The van der Waals surface area contributed by atoms with Crippen LogP contribution in [-0.4, -0.2) is 28.3 Å². The predicted molar refractivity (Wildman–Crippen MR) is 65.6 cm³/mol. The zero-order chi connectivity index (χ0) is 11.7. The molecule has 0 aromatic carbocycles. The molecule has 2 fully saturated rings. The summed E-state index contributed by atoms with van der Waals surface area (Å²) in [5.74, 6) is 0.698. The van der Waals surface area contributed by atoms with Crippen LogP contribution in [0.3, 0.4) is 0 Å². The van der Waals surface area contributed by atoms with Crippen molar-refractivity contribution in [3.05, 3.63) is 18.2 Å². The van der Waals surface area contributed by atoms with Crippen molar-refractivity contribution in [2.45, 2.75) is 51.5 Å². The van der Waals surface area contributed by atoms with Gasteiger partial charge >= 0.3 is 0 Å². The molecule has 3 heterocycles. The third-order valence-electron chi connectivity index (χ3n) is 4.02. The smallest absolute Gasteiger partial charge is 0.0948 e. The lowest BCUT2D eigenvalue weighted by molar-refractivity contribution is 0.0898. The Morgan fingerprint density at radius 2 is 2.47 bits per heavy atom. The van der Waals surface area contributed by atoms with E-state index in [0.717, 1.165) is 19.6 Å². The van der Waals surface area contributed by atoms with Crippen LogP contribution in [0.25, 0.3) is 0 Å². The summed E-state index contributed by atoms with van der Waals surface area (Å²) >= 11 is 0. The summed E-state index contributed by atoms with van der Waals surface area (Å²) in [7, 11) is 0. The zero-order valence-electron chi connectivity index (χ0n) is 10.4. The molecule has 2 aliphatic rings. The molecule has 3 unspecified atom stereocenters. The Bertz CT molecular complexity index is 376. The molecule has 1 N–H and O–H groups in total. The monoisotopic (exact) mass is 235 g/mol. The van der Waals surface area contributed by atoms with Crippen molar-refractivity contribution >= 4 is 0 Å². The van der Waals surface area contributed by atoms with E-state index in [9.17, 15) is 0 Å². The normalized spacial score (nSPS) is 31.2. The Labute approximate surface area is 102 Å². The highest BCUT2D eigenvalue weighted by molar-refractivity contribution is 5.00. The van der Waals surface area contributed by atoms with Crippen LogP contribution >= 0.6 is 0 Å². The highest BCUT2D eigenvalue weighted by atomic mass is 16.5. The Hall–Kier alpha value is -0.870. The Kier molecular flexibility index (Phi) is 3.16. The quantitative estimate of drug-likeness (QED) is 0.842. The number of fused-ring (bicyclic) bond motifs is 2. The maximum absolute atomic E-state index is 5.91. The molecule has 0 spiro atoms. The van der Waals surface area contributed by atoms with Crippen molar-refractivity contribution in [3.8, 4) is 0 Å². The number of nitrogens with zero attached hydrogens (tertiary/aromatic N) is 2. The van der Waals surface area contributed by atoms with Gasteiger partial charge in [-0.3, -0.25) is 0 Å². The van der Waals surface area contributed by atoms with Crippen LogP contribution in [0.4, 0.5) is 0 Å². The van der Waals surface area contributed by atoms with Gasteiger partial charge in [-0.15, -0.1) is 0 Å². The fraction of sp³-hybridized carbons (Fsp3) is 0.769. The van der Waals surface area contributed by atoms with Gasteiger partial charge in [0.15, 0.2) is 0 Å². The average molecular weight is 235 g/mol. The molecule has 17 heavy (non-hydrogen) atoms. The van der Waals surface area contributed by atoms with Crippen molar-refractivity contribution < 1.29 is 4.74 Å². The molecular weight excluding hydrogens is 214 g/mol. The molecule has 2 bridgehead atoms. The van der Waals surface area contributed by atoms with E-state index in [1.165, 1.54) is 25.0 Å². The van der Waals surface area contributed by atoms with E-state index < -0.39 is 0 Å². The Balaban J connectivity index is 1.63. The number of aromatic nitrogens is 2. The molecule has 2 saturated heterocycles. The van der Waals surface area contributed by atoms with Crippen molar-refractivity contribution in [2.24, 2.45) is 5.92 Å². The van der Waals surface area contributed by atoms with E-state index in [2.05, 4.69) is 21.8 Å². The van der Waals surface area contributed by atoms with Crippen molar-refractivity contribution in [1.29, 1.82) is 0 Å². The first-order valence-electron chi connectivity index (χ1n) is 6.72. The summed E-state index contributed by atoms with van der Waals surface area (Å²) < 4.78 is 8.19. The highest BCUT2D eigenvalue weighted by Crippen LogP contribution is 2.39. The van der Waals surface area contributed by atoms with Gasteiger partial charge in [0.25, 0.3) is 0 Å². The third-order valence-corrected chi connectivity index (χ3v) is 4.02. The molecule has 4 heteroatoms. The fourth-order valence-corrected chi connectivity index (χ4v) is 3.10. The van der Waals surface area contributed by atoms with Crippen molar-refractivity contribution in [3.63, 3.8) is 0 Å². The first-order valence-corrected chi connectivity index (χ1v) is 6.72. The largest absolute Gasteiger partial charge is 0.375 e. The molecule has 1 aromatic rings. The molecule has 3 atom stereocenters. The van der Waals surface area contributed by atoms with Crippen molar-refractivity contribution in [1.82, 2.24) is 14.9 Å². The molecule has 2 aliphatic heterocycles. The first kappa shape index (κ1) is 11.2. The van der Waals surface area contributed by atoms with E-state index in [1.54, 1.807) is 0 Å². The van der Waals surface area contributed by atoms with Gasteiger partial charge in [-0.2, -0.15) is 0 Å². The maximum atomic E-state index is 5.91. The highest BCUT2D eigenvalue weighted by Gasteiger charge is 2.40. The number of ether oxygens (including phenoxy) is 1. The van der Waals surface area contributed by atoms with E-state index in [1.807, 2.05) is 12.5 Å². The summed E-state index contributed by atoms with van der Waals surface area (Å²) in [5.41, 5.74) is 1.29. The lowest BCUT2D eigenvalue weighted by Gasteiger charge is -2.20.